The molecule has 0 aromatic heterocycles. The van der Waals surface area contributed by atoms with Gasteiger partial charge in [-0.2, -0.15) is 0 Å². The van der Waals surface area contributed by atoms with Crippen LogP contribution in [0.3, 0.4) is 0 Å². The molecule has 5 nitrogen and oxygen atoms in total. The molecule has 2 unspecified atom stereocenters. The van der Waals surface area contributed by atoms with Crippen LogP contribution in [-0.4, -0.2) is 23.7 Å². The number of benzene rings is 1. The topological polar surface area (TPSA) is 78.4 Å². The Morgan fingerprint density at radius 1 is 1.33 bits per heavy atom. The zero-order valence-electron chi connectivity index (χ0n) is 12.3. The molecule has 5 heteroatoms. The summed E-state index contributed by atoms with van der Waals surface area (Å²) in [5.74, 6) is 0.352. The van der Waals surface area contributed by atoms with Crippen LogP contribution in [0.25, 0.3) is 0 Å². The number of anilines is 1. The number of rotatable bonds is 5. The maximum absolute atomic E-state index is 11.9. The van der Waals surface area contributed by atoms with E-state index in [1.807, 2.05) is 0 Å². The molecule has 0 aliphatic heterocycles. The summed E-state index contributed by atoms with van der Waals surface area (Å²) >= 11 is 0. The lowest BCUT2D eigenvalue weighted by molar-refractivity contribution is -0.136. The highest BCUT2D eigenvalue weighted by atomic mass is 16.4. The van der Waals surface area contributed by atoms with Gasteiger partial charge in [0, 0.05) is 12.2 Å². The first-order valence-electron chi connectivity index (χ1n) is 7.40. The summed E-state index contributed by atoms with van der Waals surface area (Å²) in [6, 6.07) is 6.68. The van der Waals surface area contributed by atoms with Gasteiger partial charge in [-0.1, -0.05) is 31.9 Å². The molecule has 1 fully saturated rings. The molecule has 3 N–H and O–H groups in total. The number of urea groups is 1. The second-order valence-electron chi connectivity index (χ2n) is 5.77. The van der Waals surface area contributed by atoms with Gasteiger partial charge >= 0.3 is 12.0 Å². The summed E-state index contributed by atoms with van der Waals surface area (Å²) < 4.78 is 0. The number of amides is 2. The van der Waals surface area contributed by atoms with Crippen LogP contribution in [0.4, 0.5) is 10.5 Å². The number of aliphatic carboxylic acids is 1. The molecular weight excluding hydrogens is 268 g/mol. The number of carboxylic acid groups (broad SMARTS) is 1. The molecule has 114 valence electrons. The number of carbonyl (C=O) groups is 2. The first kappa shape index (κ1) is 15.4. The Labute approximate surface area is 124 Å². The van der Waals surface area contributed by atoms with Crippen LogP contribution >= 0.6 is 0 Å². The van der Waals surface area contributed by atoms with Crippen LogP contribution in [0.15, 0.2) is 24.3 Å². The van der Waals surface area contributed by atoms with Crippen LogP contribution in [0.1, 0.15) is 31.7 Å². The second-order valence-corrected chi connectivity index (χ2v) is 5.77. The van der Waals surface area contributed by atoms with Gasteiger partial charge in [-0.15, -0.1) is 0 Å². The van der Waals surface area contributed by atoms with Gasteiger partial charge in [-0.25, -0.2) is 4.79 Å². The normalized spacial score (nSPS) is 21.0. The van der Waals surface area contributed by atoms with Crippen molar-refractivity contribution in [2.45, 2.75) is 32.6 Å². The molecule has 0 bridgehead atoms. The van der Waals surface area contributed by atoms with E-state index in [-0.39, 0.29) is 12.5 Å². The van der Waals surface area contributed by atoms with Crippen LogP contribution < -0.4 is 10.6 Å². The average molecular weight is 290 g/mol. The highest BCUT2D eigenvalue weighted by molar-refractivity contribution is 5.89. The van der Waals surface area contributed by atoms with Gasteiger partial charge in [0.15, 0.2) is 0 Å². The lowest BCUT2D eigenvalue weighted by Gasteiger charge is -2.16. The number of hydrogen-bond donors (Lipinski definition) is 3. The molecule has 2 atom stereocenters. The smallest absolute Gasteiger partial charge is 0.319 e. The molecule has 1 aliphatic carbocycles. The molecule has 2 rings (SSSR count). The van der Waals surface area contributed by atoms with E-state index in [1.165, 1.54) is 19.3 Å². The highest BCUT2D eigenvalue weighted by Gasteiger charge is 2.23. The molecule has 1 saturated carbocycles. The van der Waals surface area contributed by atoms with Crippen molar-refractivity contribution < 1.29 is 14.7 Å². The number of carboxylic acids is 1. The summed E-state index contributed by atoms with van der Waals surface area (Å²) in [7, 11) is 0. The van der Waals surface area contributed by atoms with Gasteiger partial charge in [-0.05, 0) is 36.0 Å². The Kier molecular flexibility index (Phi) is 5.20. The van der Waals surface area contributed by atoms with Crippen molar-refractivity contribution in [2.24, 2.45) is 11.8 Å². The van der Waals surface area contributed by atoms with Crippen molar-refractivity contribution in [1.82, 2.24) is 5.32 Å². The van der Waals surface area contributed by atoms with Crippen molar-refractivity contribution in [2.75, 3.05) is 11.9 Å². The third kappa shape index (κ3) is 4.77. The molecular formula is C16H22N2O3. The van der Waals surface area contributed by atoms with E-state index in [1.54, 1.807) is 24.3 Å². The minimum absolute atomic E-state index is 0.0449. The van der Waals surface area contributed by atoms with Crippen LogP contribution in [0.2, 0.25) is 0 Å². The summed E-state index contributed by atoms with van der Waals surface area (Å²) in [5.41, 5.74) is 1.29. The van der Waals surface area contributed by atoms with Crippen LogP contribution in [-0.2, 0) is 11.2 Å². The predicted octanol–water partition coefficient (Wildman–Crippen LogP) is 2.87. The van der Waals surface area contributed by atoms with E-state index in [9.17, 15) is 9.59 Å². The third-order valence-electron chi connectivity index (χ3n) is 4.10. The molecule has 0 spiro atoms. The van der Waals surface area contributed by atoms with Crippen molar-refractivity contribution in [3.63, 3.8) is 0 Å². The first-order chi connectivity index (χ1) is 10.0. The standard InChI is InChI=1S/C16H22N2O3/c1-11-4-2-6-13(11)10-17-16(21)18-14-7-3-5-12(8-14)9-15(19)20/h3,5,7-8,11,13H,2,4,6,9-10H2,1H3,(H,19,20)(H2,17,18,21). The lowest BCUT2D eigenvalue weighted by atomic mass is 9.98. The van der Waals surface area contributed by atoms with E-state index >= 15 is 0 Å². The SMILES string of the molecule is CC1CCCC1CNC(=O)Nc1cccc(CC(=O)O)c1. The van der Waals surface area contributed by atoms with Crippen molar-refractivity contribution >= 4 is 17.7 Å². The minimum Gasteiger partial charge on any atom is -0.481 e. The minimum atomic E-state index is -0.883. The fourth-order valence-electron chi connectivity index (χ4n) is 2.86. The molecule has 1 aromatic rings. The van der Waals surface area contributed by atoms with Gasteiger partial charge in [0.25, 0.3) is 0 Å². The maximum Gasteiger partial charge on any atom is 0.319 e. The third-order valence-corrected chi connectivity index (χ3v) is 4.10. The van der Waals surface area contributed by atoms with E-state index in [0.29, 0.717) is 29.6 Å². The number of nitrogens with one attached hydrogen (secondary N) is 2. The lowest BCUT2D eigenvalue weighted by Crippen LogP contribution is -2.33. The summed E-state index contributed by atoms with van der Waals surface area (Å²) in [4.78, 5) is 22.6. The van der Waals surface area contributed by atoms with Crippen molar-refractivity contribution in [3.8, 4) is 0 Å². The number of hydrogen-bond acceptors (Lipinski definition) is 2. The zero-order chi connectivity index (χ0) is 15.2. The molecule has 21 heavy (non-hydrogen) atoms. The predicted molar refractivity (Wildman–Crippen MR) is 81.3 cm³/mol. The van der Waals surface area contributed by atoms with E-state index in [4.69, 9.17) is 5.11 Å². The molecule has 0 heterocycles. The number of carbonyl (C=O) groups excluding carboxylic acids is 1. The van der Waals surface area contributed by atoms with Gasteiger partial charge in [0.05, 0.1) is 6.42 Å². The van der Waals surface area contributed by atoms with E-state index < -0.39 is 5.97 Å². The van der Waals surface area contributed by atoms with Gasteiger partial charge in [0.1, 0.15) is 0 Å². The summed E-state index contributed by atoms with van der Waals surface area (Å²) in [5, 5.41) is 14.4. The second kappa shape index (κ2) is 7.11. The Morgan fingerprint density at radius 2 is 2.14 bits per heavy atom. The molecule has 0 saturated heterocycles. The maximum atomic E-state index is 11.9. The molecule has 2 amide bonds. The summed E-state index contributed by atoms with van der Waals surface area (Å²) in [6.07, 6.45) is 3.61. The fourth-order valence-corrected chi connectivity index (χ4v) is 2.86. The Morgan fingerprint density at radius 3 is 2.81 bits per heavy atom. The molecule has 0 radical (unpaired) electrons. The van der Waals surface area contributed by atoms with E-state index in [0.717, 1.165) is 0 Å². The van der Waals surface area contributed by atoms with Gasteiger partial charge < -0.3 is 15.7 Å². The fraction of sp³-hybridized carbons (Fsp3) is 0.500. The molecule has 1 aromatic carbocycles. The van der Waals surface area contributed by atoms with Crippen molar-refractivity contribution in [3.05, 3.63) is 29.8 Å². The quantitative estimate of drug-likeness (QED) is 0.780. The zero-order valence-corrected chi connectivity index (χ0v) is 12.3. The average Bonchev–Trinajstić information content (AvgIpc) is 2.81. The highest BCUT2D eigenvalue weighted by Crippen LogP contribution is 2.30. The Hall–Kier alpha value is -2.04. The van der Waals surface area contributed by atoms with Crippen LogP contribution in [0, 0.1) is 11.8 Å². The van der Waals surface area contributed by atoms with Gasteiger partial charge in [0.2, 0.25) is 0 Å². The first-order valence-corrected chi connectivity index (χ1v) is 7.40. The van der Waals surface area contributed by atoms with Crippen LogP contribution in [0.5, 0.6) is 0 Å². The van der Waals surface area contributed by atoms with E-state index in [2.05, 4.69) is 17.6 Å². The monoisotopic (exact) mass is 290 g/mol. The summed E-state index contributed by atoms with van der Waals surface area (Å²) in [6.45, 7) is 2.93. The Bertz CT molecular complexity index is 516. The van der Waals surface area contributed by atoms with Crippen molar-refractivity contribution in [1.29, 1.82) is 0 Å². The molecule has 1 aliphatic rings. The Balaban J connectivity index is 1.83. The largest absolute Gasteiger partial charge is 0.481 e. The van der Waals surface area contributed by atoms with Gasteiger partial charge in [-0.3, -0.25) is 4.79 Å².